The van der Waals surface area contributed by atoms with Crippen LogP contribution in [0.1, 0.15) is 38.3 Å². The lowest BCUT2D eigenvalue weighted by atomic mass is 9.91. The molecular weight excluding hydrogens is 440 g/mol. The van der Waals surface area contributed by atoms with Gasteiger partial charge in [-0.15, -0.1) is 0 Å². The van der Waals surface area contributed by atoms with Gasteiger partial charge in [0.1, 0.15) is 11.7 Å². The van der Waals surface area contributed by atoms with Crippen LogP contribution >= 0.6 is 0 Å². The normalized spacial score (nSPS) is 18.5. The van der Waals surface area contributed by atoms with Gasteiger partial charge in [-0.2, -0.15) is 0 Å². The zero-order chi connectivity index (χ0) is 24.8. The largest absolute Gasteiger partial charge is 0.460 e. The highest BCUT2D eigenvalue weighted by molar-refractivity contribution is 5.75. The molecule has 2 aromatic carbocycles. The van der Waals surface area contributed by atoms with Crippen molar-refractivity contribution in [2.45, 2.75) is 57.8 Å². The molecule has 1 unspecified atom stereocenters. The van der Waals surface area contributed by atoms with E-state index in [2.05, 4.69) is 10.3 Å². The Bertz CT molecular complexity index is 1120. The fourth-order valence-corrected chi connectivity index (χ4v) is 4.32. The number of nitrogens with one attached hydrogen (secondary N) is 1. The molecule has 0 saturated carbocycles. The highest BCUT2D eigenvalue weighted by Gasteiger charge is 2.40. The fraction of sp³-hybridized carbons (Fsp3) is 0.345. The van der Waals surface area contributed by atoms with E-state index in [-0.39, 0.29) is 17.9 Å². The zero-order valence-electron chi connectivity index (χ0n) is 20.4. The number of alkyl carbamates (subject to hydrolysis) is 1. The van der Waals surface area contributed by atoms with Crippen LogP contribution in [0.3, 0.4) is 0 Å². The zero-order valence-corrected chi connectivity index (χ0v) is 20.4. The summed E-state index contributed by atoms with van der Waals surface area (Å²) >= 11 is 0. The van der Waals surface area contributed by atoms with E-state index in [1.54, 1.807) is 6.20 Å². The molecule has 35 heavy (non-hydrogen) atoms. The third kappa shape index (κ3) is 6.92. The lowest BCUT2D eigenvalue weighted by Gasteiger charge is -2.26. The van der Waals surface area contributed by atoms with Crippen molar-refractivity contribution in [3.63, 3.8) is 0 Å². The number of carbonyl (C=O) groups is 2. The summed E-state index contributed by atoms with van der Waals surface area (Å²) < 4.78 is 11.3. The standard InChI is InChI=1S/C29H32N2O4/c1-29(2,3)35-28(33)31-25(18-20-9-5-4-6-10-20)26-19-23(27(32)34-26)17-21-12-14-22(15-13-21)24-11-7-8-16-30-24/h4-16,23,25-26H,17-19H2,1-3H3,(H,31,33)/t23?,25-,26-/m0/s1. The minimum Gasteiger partial charge on any atom is -0.460 e. The van der Waals surface area contributed by atoms with Crippen LogP contribution in [0.25, 0.3) is 11.3 Å². The van der Waals surface area contributed by atoms with Crippen molar-refractivity contribution in [1.82, 2.24) is 10.3 Å². The Labute approximate surface area is 206 Å². The van der Waals surface area contributed by atoms with E-state index in [1.807, 2.05) is 93.6 Å². The average Bonchev–Trinajstić information content (AvgIpc) is 3.19. The van der Waals surface area contributed by atoms with Crippen LogP contribution in [-0.4, -0.2) is 34.8 Å². The fourth-order valence-electron chi connectivity index (χ4n) is 4.32. The van der Waals surface area contributed by atoms with Gasteiger partial charge in [0.25, 0.3) is 0 Å². The number of esters is 1. The van der Waals surface area contributed by atoms with Crippen molar-refractivity contribution in [1.29, 1.82) is 0 Å². The average molecular weight is 473 g/mol. The smallest absolute Gasteiger partial charge is 0.408 e. The molecule has 3 aromatic rings. The summed E-state index contributed by atoms with van der Waals surface area (Å²) in [6, 6.07) is 23.4. The van der Waals surface area contributed by atoms with Crippen molar-refractivity contribution < 1.29 is 19.1 Å². The van der Waals surface area contributed by atoms with Crippen LogP contribution in [0.5, 0.6) is 0 Å². The van der Waals surface area contributed by atoms with Crippen molar-refractivity contribution in [2.75, 3.05) is 0 Å². The Hall–Kier alpha value is -3.67. The van der Waals surface area contributed by atoms with Gasteiger partial charge in [0.05, 0.1) is 17.7 Å². The molecule has 4 rings (SSSR count). The molecule has 0 aliphatic carbocycles. The van der Waals surface area contributed by atoms with E-state index in [0.717, 1.165) is 22.4 Å². The van der Waals surface area contributed by atoms with Crippen molar-refractivity contribution in [2.24, 2.45) is 5.92 Å². The molecule has 0 radical (unpaired) electrons. The number of amides is 1. The second-order valence-corrected chi connectivity index (χ2v) is 9.97. The van der Waals surface area contributed by atoms with E-state index in [9.17, 15) is 9.59 Å². The van der Waals surface area contributed by atoms with Gasteiger partial charge in [-0.3, -0.25) is 9.78 Å². The van der Waals surface area contributed by atoms with Crippen LogP contribution in [0.4, 0.5) is 4.79 Å². The van der Waals surface area contributed by atoms with Gasteiger partial charge in [0, 0.05) is 18.2 Å². The topological polar surface area (TPSA) is 77.5 Å². The lowest BCUT2D eigenvalue weighted by Crippen LogP contribution is -2.46. The van der Waals surface area contributed by atoms with Gasteiger partial charge < -0.3 is 14.8 Å². The molecule has 1 amide bonds. The first-order chi connectivity index (χ1) is 16.8. The van der Waals surface area contributed by atoms with Crippen molar-refractivity contribution in [3.05, 3.63) is 90.1 Å². The summed E-state index contributed by atoms with van der Waals surface area (Å²) in [5, 5.41) is 2.95. The number of nitrogens with zero attached hydrogens (tertiary/aromatic N) is 1. The van der Waals surface area contributed by atoms with Crippen molar-refractivity contribution >= 4 is 12.1 Å². The van der Waals surface area contributed by atoms with E-state index in [4.69, 9.17) is 9.47 Å². The molecule has 1 aromatic heterocycles. The molecule has 3 atom stereocenters. The van der Waals surface area contributed by atoms with Crippen LogP contribution in [0.2, 0.25) is 0 Å². The van der Waals surface area contributed by atoms with E-state index in [1.165, 1.54) is 0 Å². The minimum atomic E-state index is -0.613. The van der Waals surface area contributed by atoms with E-state index < -0.39 is 17.8 Å². The molecule has 6 heteroatoms. The summed E-state index contributed by atoms with van der Waals surface area (Å²) in [7, 11) is 0. The molecule has 0 bridgehead atoms. The number of carbonyl (C=O) groups excluding carboxylic acids is 2. The number of rotatable bonds is 7. The van der Waals surface area contributed by atoms with Gasteiger partial charge in [-0.05, 0) is 56.9 Å². The monoisotopic (exact) mass is 472 g/mol. The number of pyridine rings is 1. The third-order valence-electron chi connectivity index (χ3n) is 5.96. The van der Waals surface area contributed by atoms with Gasteiger partial charge >= 0.3 is 12.1 Å². The maximum Gasteiger partial charge on any atom is 0.408 e. The molecule has 1 aliphatic rings. The molecule has 0 spiro atoms. The molecule has 1 N–H and O–H groups in total. The predicted molar refractivity (Wildman–Crippen MR) is 135 cm³/mol. The Morgan fingerprint density at radius 3 is 2.40 bits per heavy atom. The first kappa shape index (κ1) is 24.5. The SMILES string of the molecule is CC(C)(C)OC(=O)N[C@@H](Cc1ccccc1)[C@@H]1CC(Cc2ccc(-c3ccccn3)cc2)C(=O)O1. The number of benzene rings is 2. The van der Waals surface area contributed by atoms with Gasteiger partial charge in [0.15, 0.2) is 0 Å². The Morgan fingerprint density at radius 1 is 1.03 bits per heavy atom. The molecule has 182 valence electrons. The van der Waals surface area contributed by atoms with E-state index in [0.29, 0.717) is 19.3 Å². The summed E-state index contributed by atoms with van der Waals surface area (Å²) in [5.41, 5.74) is 3.45. The lowest BCUT2D eigenvalue weighted by molar-refractivity contribution is -0.145. The number of ether oxygens (including phenoxy) is 2. The molecule has 1 fully saturated rings. The predicted octanol–water partition coefficient (Wildman–Crippen LogP) is 5.36. The number of hydrogen-bond acceptors (Lipinski definition) is 5. The summed E-state index contributed by atoms with van der Waals surface area (Å²) in [6.07, 6.45) is 2.51. The van der Waals surface area contributed by atoms with Crippen LogP contribution in [0, 0.1) is 5.92 Å². The maximum atomic E-state index is 12.8. The van der Waals surface area contributed by atoms with E-state index >= 15 is 0 Å². The molecule has 2 heterocycles. The molecule has 6 nitrogen and oxygen atoms in total. The Kier molecular flexibility index (Phi) is 7.49. The number of aromatic nitrogens is 1. The highest BCUT2D eigenvalue weighted by atomic mass is 16.6. The second kappa shape index (κ2) is 10.7. The third-order valence-corrected chi connectivity index (χ3v) is 5.96. The summed E-state index contributed by atoms with van der Waals surface area (Å²) in [5.74, 6) is -0.493. The molecular formula is C29H32N2O4. The van der Waals surface area contributed by atoms with Gasteiger partial charge in [-0.25, -0.2) is 4.79 Å². The van der Waals surface area contributed by atoms with Gasteiger partial charge in [0.2, 0.25) is 0 Å². The number of cyclic esters (lactones) is 1. The Balaban J connectivity index is 1.43. The van der Waals surface area contributed by atoms with Gasteiger partial charge in [-0.1, -0.05) is 60.7 Å². The quantitative estimate of drug-likeness (QED) is 0.469. The molecule has 1 aliphatic heterocycles. The molecule has 1 saturated heterocycles. The van der Waals surface area contributed by atoms with Crippen LogP contribution in [0.15, 0.2) is 79.0 Å². The second-order valence-electron chi connectivity index (χ2n) is 9.97. The summed E-state index contributed by atoms with van der Waals surface area (Å²) in [6.45, 7) is 5.47. The first-order valence-electron chi connectivity index (χ1n) is 12.0. The highest BCUT2D eigenvalue weighted by Crippen LogP contribution is 2.29. The van der Waals surface area contributed by atoms with Crippen LogP contribution in [-0.2, 0) is 27.1 Å². The van der Waals surface area contributed by atoms with Crippen LogP contribution < -0.4 is 5.32 Å². The maximum absolute atomic E-state index is 12.8. The Morgan fingerprint density at radius 2 is 1.74 bits per heavy atom. The van der Waals surface area contributed by atoms with Crippen molar-refractivity contribution in [3.8, 4) is 11.3 Å². The summed E-state index contributed by atoms with van der Waals surface area (Å²) in [4.78, 5) is 29.7. The first-order valence-corrected chi connectivity index (χ1v) is 12.0. The number of hydrogen-bond donors (Lipinski definition) is 1. The minimum absolute atomic E-state index is 0.229.